The van der Waals surface area contributed by atoms with Crippen LogP contribution in [0.1, 0.15) is 12.0 Å². The molecule has 1 atom stereocenters. The Morgan fingerprint density at radius 2 is 1.62 bits per heavy atom. The highest BCUT2D eigenvalue weighted by molar-refractivity contribution is 5.99. The third-order valence-electron chi connectivity index (χ3n) is 5.97. The molecule has 2 aliphatic heterocycles. The zero-order valence-corrected chi connectivity index (χ0v) is 17.3. The molecule has 2 aliphatic rings. The number of benzene rings is 1. The van der Waals surface area contributed by atoms with E-state index in [0.29, 0.717) is 51.4 Å². The van der Waals surface area contributed by atoms with E-state index in [4.69, 9.17) is 0 Å². The number of carbonyl (C=O) groups is 2. The van der Waals surface area contributed by atoms with Gasteiger partial charge in [0.15, 0.2) is 0 Å². The highest BCUT2D eigenvalue weighted by Gasteiger charge is 2.38. The number of carbonyl (C=O) groups excluding carboxylic acids is 2. The number of amides is 2. The van der Waals surface area contributed by atoms with E-state index in [1.165, 1.54) is 4.90 Å². The van der Waals surface area contributed by atoms with Gasteiger partial charge in [-0.25, -0.2) is 0 Å². The number of hydrogen-bond acceptors (Lipinski definition) is 4. The van der Waals surface area contributed by atoms with Crippen LogP contribution in [0.15, 0.2) is 53.5 Å². The summed E-state index contributed by atoms with van der Waals surface area (Å²) in [5.41, 5.74) is -0.777. The van der Waals surface area contributed by atoms with Crippen molar-refractivity contribution in [3.8, 4) is 0 Å². The number of alkyl halides is 3. The molecule has 0 N–H and O–H groups in total. The summed E-state index contributed by atoms with van der Waals surface area (Å²) in [5, 5.41) is 0. The van der Waals surface area contributed by atoms with Gasteiger partial charge in [0.05, 0.1) is 11.6 Å². The maximum Gasteiger partial charge on any atom is 0.417 e. The second kappa shape index (κ2) is 8.78. The second-order valence-electron chi connectivity index (χ2n) is 7.93. The minimum absolute atomic E-state index is 0.0338. The Labute approximate surface area is 182 Å². The Bertz CT molecular complexity index is 1050. The molecule has 32 heavy (non-hydrogen) atoms. The molecule has 0 spiro atoms. The fraction of sp³-hybridized carbons (Fsp3) is 0.409. The lowest BCUT2D eigenvalue weighted by molar-refractivity contribution is -0.139. The Balaban J connectivity index is 1.35. The third kappa shape index (κ3) is 4.55. The van der Waals surface area contributed by atoms with Crippen molar-refractivity contribution in [2.24, 2.45) is 0 Å². The van der Waals surface area contributed by atoms with Crippen LogP contribution in [-0.2, 0) is 22.3 Å². The number of halogens is 3. The van der Waals surface area contributed by atoms with Crippen LogP contribution in [0.2, 0.25) is 0 Å². The van der Waals surface area contributed by atoms with E-state index < -0.39 is 29.8 Å². The van der Waals surface area contributed by atoms with Crippen LogP contribution in [0.4, 0.5) is 18.9 Å². The highest BCUT2D eigenvalue weighted by atomic mass is 19.4. The summed E-state index contributed by atoms with van der Waals surface area (Å²) < 4.78 is 39.5. The monoisotopic (exact) mass is 448 g/mol. The molecule has 4 rings (SSSR count). The largest absolute Gasteiger partial charge is 0.417 e. The van der Waals surface area contributed by atoms with Gasteiger partial charge in [-0.05, 0) is 24.6 Å². The molecule has 170 valence electrons. The summed E-state index contributed by atoms with van der Waals surface area (Å²) in [7, 11) is 0. The average Bonchev–Trinajstić information content (AvgIpc) is 3.16. The van der Waals surface area contributed by atoms with E-state index in [2.05, 4.69) is 0 Å². The van der Waals surface area contributed by atoms with Gasteiger partial charge in [0.1, 0.15) is 6.54 Å². The number of hydrogen-bond donors (Lipinski definition) is 0. The number of nitrogens with zero attached hydrogens (tertiary/aromatic N) is 4. The number of aromatic nitrogens is 1. The molecular formula is C22H23F3N4O3. The maximum absolute atomic E-state index is 12.9. The van der Waals surface area contributed by atoms with E-state index in [9.17, 15) is 27.6 Å². The normalized spacial score (nSPS) is 20.1. The van der Waals surface area contributed by atoms with Crippen molar-refractivity contribution < 1.29 is 22.8 Å². The van der Waals surface area contributed by atoms with Crippen LogP contribution in [0.5, 0.6) is 0 Å². The Hall–Kier alpha value is -3.14. The molecule has 0 saturated carbocycles. The summed E-state index contributed by atoms with van der Waals surface area (Å²) >= 11 is 0. The number of piperazine rings is 1. The molecule has 2 amide bonds. The molecule has 2 fully saturated rings. The predicted octanol–water partition coefficient (Wildman–Crippen LogP) is 1.82. The molecule has 1 aromatic carbocycles. The Kier molecular flexibility index (Phi) is 6.05. The average molecular weight is 448 g/mol. The number of para-hydroxylation sites is 1. The van der Waals surface area contributed by atoms with Gasteiger partial charge in [-0.15, -0.1) is 0 Å². The van der Waals surface area contributed by atoms with E-state index in [0.717, 1.165) is 16.3 Å². The quantitative estimate of drug-likeness (QED) is 0.716. The molecule has 7 nitrogen and oxygen atoms in total. The van der Waals surface area contributed by atoms with E-state index in [1.54, 1.807) is 4.90 Å². The van der Waals surface area contributed by atoms with Crippen molar-refractivity contribution in [3.63, 3.8) is 0 Å². The van der Waals surface area contributed by atoms with E-state index in [1.807, 2.05) is 35.2 Å². The molecule has 0 aliphatic carbocycles. The van der Waals surface area contributed by atoms with E-state index in [-0.39, 0.29) is 11.9 Å². The summed E-state index contributed by atoms with van der Waals surface area (Å²) in [6, 6.07) is 10.7. The molecule has 1 unspecified atom stereocenters. The highest BCUT2D eigenvalue weighted by Crippen LogP contribution is 2.28. The number of rotatable bonds is 4. The first-order chi connectivity index (χ1) is 15.2. The standard InChI is InChI=1S/C22H23F3N4O3/c23-22(24,25)16-6-7-19(30)28(14-16)15-20(31)27-12-10-26(11-13-27)18-8-9-29(21(18)32)17-4-2-1-3-5-17/h1-7,14,18H,8-13,15H2. The summed E-state index contributed by atoms with van der Waals surface area (Å²) in [4.78, 5) is 42.7. The first kappa shape index (κ1) is 22.1. The van der Waals surface area contributed by atoms with Crippen LogP contribution in [0, 0.1) is 0 Å². The van der Waals surface area contributed by atoms with Crippen LogP contribution in [0.3, 0.4) is 0 Å². The van der Waals surface area contributed by atoms with Crippen molar-refractivity contribution in [1.29, 1.82) is 0 Å². The van der Waals surface area contributed by atoms with Crippen LogP contribution < -0.4 is 10.5 Å². The third-order valence-corrected chi connectivity index (χ3v) is 5.97. The minimum atomic E-state index is -4.59. The van der Waals surface area contributed by atoms with Crippen molar-refractivity contribution in [1.82, 2.24) is 14.4 Å². The van der Waals surface area contributed by atoms with Gasteiger partial charge in [-0.1, -0.05) is 18.2 Å². The van der Waals surface area contributed by atoms with Gasteiger partial charge in [-0.3, -0.25) is 19.3 Å². The topological polar surface area (TPSA) is 65.9 Å². The molecule has 0 radical (unpaired) electrons. The molecule has 2 saturated heterocycles. The maximum atomic E-state index is 12.9. The zero-order chi connectivity index (χ0) is 22.9. The first-order valence-electron chi connectivity index (χ1n) is 10.4. The minimum Gasteiger partial charge on any atom is -0.339 e. The van der Waals surface area contributed by atoms with E-state index >= 15 is 0 Å². The summed E-state index contributed by atoms with van der Waals surface area (Å²) in [6.45, 7) is 1.85. The number of anilines is 1. The van der Waals surface area contributed by atoms with Gasteiger partial charge in [0.25, 0.3) is 5.56 Å². The van der Waals surface area contributed by atoms with Crippen LogP contribution >= 0.6 is 0 Å². The molecule has 1 aromatic heterocycles. The van der Waals surface area contributed by atoms with Gasteiger partial charge in [0.2, 0.25) is 11.8 Å². The second-order valence-corrected chi connectivity index (χ2v) is 7.93. The molecular weight excluding hydrogens is 425 g/mol. The van der Waals surface area contributed by atoms with Crippen molar-refractivity contribution >= 4 is 17.5 Å². The van der Waals surface area contributed by atoms with Crippen molar-refractivity contribution in [2.75, 3.05) is 37.6 Å². The lowest BCUT2D eigenvalue weighted by Crippen LogP contribution is -2.54. The SMILES string of the molecule is O=C(Cn1cc(C(F)(F)F)ccc1=O)N1CCN(C2CCN(c3ccccc3)C2=O)CC1. The molecule has 2 aromatic rings. The fourth-order valence-electron chi connectivity index (χ4n) is 4.22. The first-order valence-corrected chi connectivity index (χ1v) is 10.4. The summed E-state index contributed by atoms with van der Waals surface area (Å²) in [6.07, 6.45) is -3.22. The predicted molar refractivity (Wildman–Crippen MR) is 111 cm³/mol. The van der Waals surface area contributed by atoms with Gasteiger partial charge in [0, 0.05) is 50.7 Å². The summed E-state index contributed by atoms with van der Waals surface area (Å²) in [5.74, 6) is -0.388. The lowest BCUT2D eigenvalue weighted by atomic mass is 10.1. The van der Waals surface area contributed by atoms with Crippen molar-refractivity contribution in [3.05, 3.63) is 64.6 Å². The van der Waals surface area contributed by atoms with Crippen LogP contribution in [-0.4, -0.2) is 64.9 Å². The zero-order valence-electron chi connectivity index (χ0n) is 17.3. The van der Waals surface area contributed by atoms with Crippen LogP contribution in [0.25, 0.3) is 0 Å². The molecule has 0 bridgehead atoms. The van der Waals surface area contributed by atoms with Gasteiger partial charge < -0.3 is 14.4 Å². The Morgan fingerprint density at radius 3 is 2.28 bits per heavy atom. The Morgan fingerprint density at radius 1 is 0.938 bits per heavy atom. The fourth-order valence-corrected chi connectivity index (χ4v) is 4.22. The molecule has 3 heterocycles. The number of pyridine rings is 1. The molecule has 10 heteroatoms. The lowest BCUT2D eigenvalue weighted by Gasteiger charge is -2.37. The van der Waals surface area contributed by atoms with Gasteiger partial charge >= 0.3 is 6.18 Å². The smallest absolute Gasteiger partial charge is 0.339 e. The van der Waals surface area contributed by atoms with Gasteiger partial charge in [-0.2, -0.15) is 13.2 Å². The van der Waals surface area contributed by atoms with Crippen molar-refractivity contribution in [2.45, 2.75) is 25.2 Å².